The van der Waals surface area contributed by atoms with Crippen LogP contribution in [0.15, 0.2) is 0 Å². The van der Waals surface area contributed by atoms with Crippen LogP contribution in [0.25, 0.3) is 0 Å². The molecule has 142 valence electrons. The zero-order valence-electron chi connectivity index (χ0n) is 14.4. The molecule has 0 spiro atoms. The Hall–Kier alpha value is -0.760. The number of nitrogens with one attached hydrogen (secondary N) is 2. The van der Waals surface area contributed by atoms with E-state index < -0.39 is 13.7 Å². The number of hydrogen-bond donors (Lipinski definition) is 2. The molecule has 1 unspecified atom stereocenters. The predicted molar refractivity (Wildman–Crippen MR) is 93.3 cm³/mol. The fraction of sp³-hybridized carbons (Fsp3) is 0.857. The number of unbranched alkanes of at least 4 members (excludes halogenated alkanes) is 3. The number of carbonyl (C=O) groups excluding carboxylic acids is 2. The standard InChI is InChI=1S/C14H29N2O6PS/c1-23(19,20)22-10-6-4-3-5-8-16-14(18)21-11-9-15-13(17)7-12-24-2/h3-12H2,1-2H3,(H,15,17)(H,16,18)(H,19,20)/p-1. The van der Waals surface area contributed by atoms with Gasteiger partial charge in [-0.3, -0.25) is 4.79 Å². The first-order valence-corrected chi connectivity index (χ1v) is 11.3. The Bertz CT molecular complexity index is 405. The van der Waals surface area contributed by atoms with Crippen molar-refractivity contribution in [3.8, 4) is 0 Å². The minimum atomic E-state index is -3.62. The van der Waals surface area contributed by atoms with Gasteiger partial charge in [-0.2, -0.15) is 11.8 Å². The van der Waals surface area contributed by atoms with Crippen molar-refractivity contribution in [1.82, 2.24) is 10.6 Å². The summed E-state index contributed by atoms with van der Waals surface area (Å²) in [5, 5.41) is 5.29. The van der Waals surface area contributed by atoms with E-state index in [9.17, 15) is 19.0 Å². The third-order valence-electron chi connectivity index (χ3n) is 2.86. The second-order valence-corrected chi connectivity index (χ2v) is 7.96. The first kappa shape index (κ1) is 23.2. The predicted octanol–water partition coefficient (Wildman–Crippen LogP) is 1.34. The first-order chi connectivity index (χ1) is 11.3. The van der Waals surface area contributed by atoms with Gasteiger partial charge in [0.1, 0.15) is 14.2 Å². The van der Waals surface area contributed by atoms with E-state index in [2.05, 4.69) is 15.2 Å². The Kier molecular flexibility index (Phi) is 14.1. The van der Waals surface area contributed by atoms with Crippen LogP contribution < -0.4 is 15.5 Å². The van der Waals surface area contributed by atoms with Crippen molar-refractivity contribution in [2.24, 2.45) is 0 Å². The number of hydrogen-bond acceptors (Lipinski definition) is 7. The van der Waals surface area contributed by atoms with Crippen LogP contribution in [0.5, 0.6) is 0 Å². The van der Waals surface area contributed by atoms with Crippen LogP contribution in [0.4, 0.5) is 4.79 Å². The van der Waals surface area contributed by atoms with Gasteiger partial charge >= 0.3 is 6.09 Å². The topological polar surface area (TPSA) is 117 Å². The molecule has 0 aliphatic rings. The minimum Gasteiger partial charge on any atom is -0.779 e. The fourth-order valence-corrected chi connectivity index (χ4v) is 2.52. The molecule has 0 bridgehead atoms. The molecule has 10 heteroatoms. The van der Waals surface area contributed by atoms with Crippen molar-refractivity contribution in [2.75, 3.05) is 45.0 Å². The number of rotatable bonds is 14. The van der Waals surface area contributed by atoms with Gasteiger partial charge < -0.3 is 29.4 Å². The summed E-state index contributed by atoms with van der Waals surface area (Å²) in [6.45, 7) is 2.20. The largest absolute Gasteiger partial charge is 0.779 e. The summed E-state index contributed by atoms with van der Waals surface area (Å²) in [6, 6.07) is 0. The van der Waals surface area contributed by atoms with Gasteiger partial charge in [0.25, 0.3) is 0 Å². The molecule has 0 saturated heterocycles. The summed E-state index contributed by atoms with van der Waals surface area (Å²) >= 11 is 1.60. The lowest BCUT2D eigenvalue weighted by molar-refractivity contribution is -0.196. The molecule has 0 aromatic rings. The molecule has 0 fully saturated rings. The maximum atomic E-state index is 11.4. The van der Waals surface area contributed by atoms with Gasteiger partial charge in [0.15, 0.2) is 0 Å². The van der Waals surface area contributed by atoms with Crippen molar-refractivity contribution < 1.29 is 28.3 Å². The number of carbonyl (C=O) groups is 2. The molecule has 1 atom stereocenters. The molecule has 2 amide bonds. The summed E-state index contributed by atoms with van der Waals surface area (Å²) < 4.78 is 20.3. The van der Waals surface area contributed by atoms with Crippen molar-refractivity contribution in [3.63, 3.8) is 0 Å². The van der Waals surface area contributed by atoms with E-state index in [0.29, 0.717) is 25.9 Å². The van der Waals surface area contributed by atoms with Gasteiger partial charge in [-0.1, -0.05) is 12.8 Å². The molecule has 0 aliphatic carbocycles. The highest BCUT2D eigenvalue weighted by atomic mass is 32.2. The third kappa shape index (κ3) is 17.6. The van der Waals surface area contributed by atoms with E-state index in [1.165, 1.54) is 0 Å². The lowest BCUT2D eigenvalue weighted by atomic mass is 10.2. The van der Waals surface area contributed by atoms with E-state index in [4.69, 9.17) is 4.74 Å². The van der Waals surface area contributed by atoms with Gasteiger partial charge in [0.05, 0.1) is 13.2 Å². The molecule has 0 rings (SSSR count). The van der Waals surface area contributed by atoms with E-state index >= 15 is 0 Å². The Morgan fingerprint density at radius 2 is 1.79 bits per heavy atom. The number of alkyl carbamates (subject to hydrolysis) is 1. The summed E-state index contributed by atoms with van der Waals surface area (Å²) in [5.74, 6) is 0.724. The monoisotopic (exact) mass is 383 g/mol. The van der Waals surface area contributed by atoms with Gasteiger partial charge in [-0.15, -0.1) is 0 Å². The SMILES string of the molecule is CSCCC(=O)NCCOC(=O)NCCCCCCOP(C)(=O)[O-]. The van der Waals surface area contributed by atoms with Crippen molar-refractivity contribution in [3.05, 3.63) is 0 Å². The van der Waals surface area contributed by atoms with Crippen LogP contribution in [0.3, 0.4) is 0 Å². The molecule has 0 aliphatic heterocycles. The van der Waals surface area contributed by atoms with Crippen LogP contribution in [-0.2, 0) is 18.6 Å². The van der Waals surface area contributed by atoms with E-state index in [-0.39, 0.29) is 19.1 Å². The number of thioether (sulfide) groups is 1. The number of amides is 2. The van der Waals surface area contributed by atoms with Crippen LogP contribution in [-0.4, -0.2) is 57.0 Å². The van der Waals surface area contributed by atoms with Crippen molar-refractivity contribution in [2.45, 2.75) is 32.1 Å². The molecular formula is C14H28N2O6PS-. The molecule has 0 aromatic carbocycles. The van der Waals surface area contributed by atoms with Crippen LogP contribution in [0.1, 0.15) is 32.1 Å². The van der Waals surface area contributed by atoms with Gasteiger partial charge in [-0.05, 0) is 19.1 Å². The Labute approximate surface area is 148 Å². The molecule has 0 saturated carbocycles. The average molecular weight is 383 g/mol. The maximum Gasteiger partial charge on any atom is 0.407 e. The van der Waals surface area contributed by atoms with E-state index in [1.807, 2.05) is 6.26 Å². The highest BCUT2D eigenvalue weighted by Gasteiger charge is 2.03. The molecular weight excluding hydrogens is 355 g/mol. The van der Waals surface area contributed by atoms with Crippen LogP contribution in [0.2, 0.25) is 0 Å². The van der Waals surface area contributed by atoms with Crippen molar-refractivity contribution in [1.29, 1.82) is 0 Å². The smallest absolute Gasteiger partial charge is 0.407 e. The molecule has 0 aromatic heterocycles. The summed E-state index contributed by atoms with van der Waals surface area (Å²) in [5.41, 5.74) is 0. The third-order valence-corrected chi connectivity index (χ3v) is 4.12. The quantitative estimate of drug-likeness (QED) is 0.343. The van der Waals surface area contributed by atoms with Crippen LogP contribution >= 0.6 is 19.4 Å². The van der Waals surface area contributed by atoms with E-state index in [0.717, 1.165) is 31.7 Å². The minimum absolute atomic E-state index is 0.0475. The van der Waals surface area contributed by atoms with Gasteiger partial charge in [-0.25, -0.2) is 4.79 Å². The Balaban J connectivity index is 3.35. The number of ether oxygens (including phenoxy) is 1. The second-order valence-electron chi connectivity index (χ2n) is 5.17. The lowest BCUT2D eigenvalue weighted by Crippen LogP contribution is -2.31. The summed E-state index contributed by atoms with van der Waals surface area (Å²) in [4.78, 5) is 33.4. The van der Waals surface area contributed by atoms with Crippen molar-refractivity contribution >= 4 is 31.4 Å². The molecule has 8 nitrogen and oxygen atoms in total. The summed E-state index contributed by atoms with van der Waals surface area (Å²) in [6.07, 6.45) is 5.03. The lowest BCUT2D eigenvalue weighted by Gasteiger charge is -2.17. The van der Waals surface area contributed by atoms with Gasteiger partial charge in [0, 0.05) is 25.4 Å². The Morgan fingerprint density at radius 3 is 2.46 bits per heavy atom. The highest BCUT2D eigenvalue weighted by molar-refractivity contribution is 7.98. The zero-order chi connectivity index (χ0) is 18.3. The average Bonchev–Trinajstić information content (AvgIpc) is 2.51. The van der Waals surface area contributed by atoms with E-state index in [1.54, 1.807) is 11.8 Å². The first-order valence-electron chi connectivity index (χ1n) is 7.94. The fourth-order valence-electron chi connectivity index (χ4n) is 1.67. The molecule has 0 heterocycles. The maximum absolute atomic E-state index is 11.4. The van der Waals surface area contributed by atoms with Gasteiger partial charge in [0.2, 0.25) is 5.91 Å². The zero-order valence-corrected chi connectivity index (χ0v) is 16.1. The molecule has 0 radical (unpaired) electrons. The Morgan fingerprint density at radius 1 is 1.08 bits per heavy atom. The van der Waals surface area contributed by atoms with Crippen LogP contribution in [0, 0.1) is 0 Å². The molecule has 24 heavy (non-hydrogen) atoms. The normalized spacial score (nSPS) is 13.1. The summed E-state index contributed by atoms with van der Waals surface area (Å²) in [7, 11) is -3.62. The molecule has 2 N–H and O–H groups in total. The highest BCUT2D eigenvalue weighted by Crippen LogP contribution is 2.30. The second kappa shape index (κ2) is 14.6.